The molecule has 0 aliphatic heterocycles. The minimum Gasteiger partial charge on any atom is -0.399 e. The Bertz CT molecular complexity index is 307. The van der Waals surface area contributed by atoms with Crippen molar-refractivity contribution in [3.05, 3.63) is 29.3 Å². The van der Waals surface area contributed by atoms with E-state index in [2.05, 4.69) is 0 Å². The van der Waals surface area contributed by atoms with Crippen LogP contribution >= 0.6 is 0 Å². The summed E-state index contributed by atoms with van der Waals surface area (Å²) in [7, 11) is 0. The Morgan fingerprint density at radius 1 is 1.50 bits per heavy atom. The van der Waals surface area contributed by atoms with Gasteiger partial charge in [0.2, 0.25) is 5.91 Å². The minimum absolute atomic E-state index is 0.284. The second kappa shape index (κ2) is 3.26. The molecule has 1 aromatic rings. The van der Waals surface area contributed by atoms with Crippen LogP contribution < -0.4 is 11.5 Å². The average molecular weight is 164 g/mol. The number of amides is 1. The van der Waals surface area contributed by atoms with Crippen molar-refractivity contribution in [2.75, 3.05) is 5.73 Å². The molecule has 0 atom stereocenters. The van der Waals surface area contributed by atoms with Gasteiger partial charge in [0.05, 0.1) is 6.42 Å². The molecule has 0 aliphatic carbocycles. The van der Waals surface area contributed by atoms with Crippen molar-refractivity contribution in [3.63, 3.8) is 0 Å². The van der Waals surface area contributed by atoms with E-state index >= 15 is 0 Å². The number of carbonyl (C=O) groups excluding carboxylic acids is 1. The Labute approximate surface area is 71.4 Å². The molecule has 0 aromatic heterocycles. The van der Waals surface area contributed by atoms with Crippen LogP contribution in [0, 0.1) is 6.92 Å². The lowest BCUT2D eigenvalue weighted by molar-refractivity contribution is -0.117. The van der Waals surface area contributed by atoms with Crippen LogP contribution in [0.2, 0.25) is 0 Å². The summed E-state index contributed by atoms with van der Waals surface area (Å²) in [5.41, 5.74) is 13.3. The molecule has 0 aliphatic rings. The third-order valence-electron chi connectivity index (χ3n) is 1.73. The van der Waals surface area contributed by atoms with Gasteiger partial charge in [-0.3, -0.25) is 4.79 Å². The minimum atomic E-state index is -0.317. The number of hydrogen-bond donors (Lipinski definition) is 2. The highest BCUT2D eigenvalue weighted by molar-refractivity contribution is 5.77. The third kappa shape index (κ3) is 1.99. The first-order valence-corrected chi connectivity index (χ1v) is 3.73. The molecule has 3 nitrogen and oxygen atoms in total. The predicted molar refractivity (Wildman–Crippen MR) is 48.5 cm³/mol. The number of benzene rings is 1. The zero-order valence-corrected chi connectivity index (χ0v) is 7.00. The Morgan fingerprint density at radius 3 is 2.67 bits per heavy atom. The van der Waals surface area contributed by atoms with Gasteiger partial charge in [-0.2, -0.15) is 0 Å². The van der Waals surface area contributed by atoms with E-state index in [1.165, 1.54) is 0 Å². The summed E-state index contributed by atoms with van der Waals surface area (Å²) in [5.74, 6) is -0.317. The maximum absolute atomic E-state index is 10.6. The SMILES string of the molecule is Cc1cc(N)ccc1CC(N)=O. The summed E-state index contributed by atoms with van der Waals surface area (Å²) >= 11 is 0. The van der Waals surface area contributed by atoms with Gasteiger partial charge < -0.3 is 11.5 Å². The van der Waals surface area contributed by atoms with E-state index in [0.717, 1.165) is 11.1 Å². The maximum atomic E-state index is 10.6. The topological polar surface area (TPSA) is 69.1 Å². The molecule has 1 amide bonds. The molecule has 0 spiro atoms. The smallest absolute Gasteiger partial charge is 0.221 e. The monoisotopic (exact) mass is 164 g/mol. The summed E-state index contributed by atoms with van der Waals surface area (Å²) in [5, 5.41) is 0. The molecule has 0 unspecified atom stereocenters. The molecule has 0 radical (unpaired) electrons. The quantitative estimate of drug-likeness (QED) is 0.628. The molecule has 64 valence electrons. The van der Waals surface area contributed by atoms with E-state index < -0.39 is 0 Å². The first kappa shape index (κ1) is 8.59. The average Bonchev–Trinajstić information content (AvgIpc) is 1.94. The van der Waals surface area contributed by atoms with E-state index in [1.54, 1.807) is 6.07 Å². The number of carbonyl (C=O) groups is 1. The summed E-state index contributed by atoms with van der Waals surface area (Å²) in [6, 6.07) is 5.43. The molecule has 1 rings (SSSR count). The molecule has 1 aromatic carbocycles. The molecular formula is C9H12N2O. The number of rotatable bonds is 2. The van der Waals surface area contributed by atoms with Gasteiger partial charge >= 0.3 is 0 Å². The van der Waals surface area contributed by atoms with Crippen molar-refractivity contribution in [1.82, 2.24) is 0 Å². The van der Waals surface area contributed by atoms with E-state index in [-0.39, 0.29) is 12.3 Å². The number of nitrogens with two attached hydrogens (primary N) is 2. The first-order valence-electron chi connectivity index (χ1n) is 3.73. The standard InChI is InChI=1S/C9H12N2O/c1-6-4-8(10)3-2-7(6)5-9(11)12/h2-4H,5,10H2,1H3,(H2,11,12). The van der Waals surface area contributed by atoms with Crippen molar-refractivity contribution in [3.8, 4) is 0 Å². The second-order valence-corrected chi connectivity index (χ2v) is 2.83. The number of anilines is 1. The largest absolute Gasteiger partial charge is 0.399 e. The van der Waals surface area contributed by atoms with Crippen molar-refractivity contribution in [2.24, 2.45) is 5.73 Å². The molecule has 0 heterocycles. The van der Waals surface area contributed by atoms with Gasteiger partial charge in [-0.15, -0.1) is 0 Å². The van der Waals surface area contributed by atoms with Crippen molar-refractivity contribution >= 4 is 11.6 Å². The van der Waals surface area contributed by atoms with Gasteiger partial charge in [0.25, 0.3) is 0 Å². The van der Waals surface area contributed by atoms with Gasteiger partial charge in [-0.25, -0.2) is 0 Å². The van der Waals surface area contributed by atoms with Crippen LogP contribution in [0.25, 0.3) is 0 Å². The Hall–Kier alpha value is -1.51. The van der Waals surface area contributed by atoms with Crippen LogP contribution in [0.15, 0.2) is 18.2 Å². The van der Waals surface area contributed by atoms with Gasteiger partial charge in [0, 0.05) is 5.69 Å². The second-order valence-electron chi connectivity index (χ2n) is 2.83. The fraction of sp³-hybridized carbons (Fsp3) is 0.222. The Balaban J connectivity index is 2.93. The summed E-state index contributed by atoms with van der Waals surface area (Å²) < 4.78 is 0. The van der Waals surface area contributed by atoms with E-state index in [1.807, 2.05) is 19.1 Å². The Kier molecular flexibility index (Phi) is 2.33. The first-order chi connectivity index (χ1) is 5.59. The molecule has 4 N–H and O–H groups in total. The molecule has 0 fully saturated rings. The molecule has 0 saturated carbocycles. The number of hydrogen-bond acceptors (Lipinski definition) is 2. The fourth-order valence-corrected chi connectivity index (χ4v) is 1.11. The van der Waals surface area contributed by atoms with E-state index in [4.69, 9.17) is 11.5 Å². The molecule has 0 bridgehead atoms. The Morgan fingerprint density at radius 2 is 2.17 bits per heavy atom. The molecule has 0 saturated heterocycles. The van der Waals surface area contributed by atoms with Crippen molar-refractivity contribution in [1.29, 1.82) is 0 Å². The highest BCUT2D eigenvalue weighted by Gasteiger charge is 2.01. The fourth-order valence-electron chi connectivity index (χ4n) is 1.11. The summed E-state index contributed by atoms with van der Waals surface area (Å²) in [4.78, 5) is 10.6. The lowest BCUT2D eigenvalue weighted by Gasteiger charge is -2.03. The van der Waals surface area contributed by atoms with E-state index in [9.17, 15) is 4.79 Å². The number of nitrogen functional groups attached to an aromatic ring is 1. The normalized spacial score (nSPS) is 9.75. The molecular weight excluding hydrogens is 152 g/mol. The number of primary amides is 1. The summed E-state index contributed by atoms with van der Waals surface area (Å²) in [6.45, 7) is 1.91. The van der Waals surface area contributed by atoms with Crippen LogP contribution in [0.3, 0.4) is 0 Å². The lowest BCUT2D eigenvalue weighted by atomic mass is 10.1. The van der Waals surface area contributed by atoms with Gasteiger partial charge in [-0.05, 0) is 30.2 Å². The third-order valence-corrected chi connectivity index (χ3v) is 1.73. The highest BCUT2D eigenvalue weighted by atomic mass is 16.1. The van der Waals surface area contributed by atoms with E-state index in [0.29, 0.717) is 5.69 Å². The van der Waals surface area contributed by atoms with Gasteiger partial charge in [0.15, 0.2) is 0 Å². The lowest BCUT2D eigenvalue weighted by Crippen LogP contribution is -2.14. The van der Waals surface area contributed by atoms with Crippen LogP contribution in [-0.4, -0.2) is 5.91 Å². The maximum Gasteiger partial charge on any atom is 0.221 e. The van der Waals surface area contributed by atoms with Crippen LogP contribution in [0.4, 0.5) is 5.69 Å². The summed E-state index contributed by atoms with van der Waals surface area (Å²) in [6.07, 6.45) is 0.284. The van der Waals surface area contributed by atoms with Crippen LogP contribution in [0.1, 0.15) is 11.1 Å². The van der Waals surface area contributed by atoms with Crippen LogP contribution in [0.5, 0.6) is 0 Å². The van der Waals surface area contributed by atoms with Crippen molar-refractivity contribution < 1.29 is 4.79 Å². The zero-order valence-electron chi connectivity index (χ0n) is 7.00. The van der Waals surface area contributed by atoms with Crippen molar-refractivity contribution in [2.45, 2.75) is 13.3 Å². The van der Waals surface area contributed by atoms with Gasteiger partial charge in [-0.1, -0.05) is 6.07 Å². The predicted octanol–water partition coefficient (Wildman–Crippen LogP) is 0.605. The zero-order chi connectivity index (χ0) is 9.14. The highest BCUT2D eigenvalue weighted by Crippen LogP contribution is 2.12. The van der Waals surface area contributed by atoms with Crippen LogP contribution in [-0.2, 0) is 11.2 Å². The molecule has 3 heteroatoms. The number of aryl methyl sites for hydroxylation is 1. The van der Waals surface area contributed by atoms with Gasteiger partial charge in [0.1, 0.15) is 0 Å². The molecule has 12 heavy (non-hydrogen) atoms.